The number of pyridine rings is 1. The number of anilines is 1. The number of hydrogen-bond acceptors (Lipinski definition) is 6. The maximum absolute atomic E-state index is 12.6. The molecule has 3 aromatic rings. The van der Waals surface area contributed by atoms with Gasteiger partial charge in [0.25, 0.3) is 5.91 Å². The first kappa shape index (κ1) is 22.7. The van der Waals surface area contributed by atoms with E-state index >= 15 is 0 Å². The number of nitrogen functional groups attached to an aromatic ring is 1. The minimum Gasteiger partial charge on any atom is -0.404 e. The first-order valence-electron chi connectivity index (χ1n) is 10.3. The molecule has 0 saturated carbocycles. The summed E-state index contributed by atoms with van der Waals surface area (Å²) in [5, 5.41) is 4.85. The number of nitrogens with one attached hydrogen (secondary N) is 1. The SMILES string of the molecule is Cc1cc2c(N)nccc2c(C)c1CNC(=O)/C(C=NCc1ccc(CC=O)cc1)=C/N. The predicted molar refractivity (Wildman–Crippen MR) is 128 cm³/mol. The summed E-state index contributed by atoms with van der Waals surface area (Å²) in [6.45, 7) is 4.77. The number of nitrogens with two attached hydrogens (primary N) is 2. The Bertz CT molecular complexity index is 1200. The first-order chi connectivity index (χ1) is 15.4. The molecule has 0 aliphatic heterocycles. The predicted octanol–water partition coefficient (Wildman–Crippen LogP) is 2.91. The zero-order chi connectivity index (χ0) is 23.1. The van der Waals surface area contributed by atoms with E-state index in [4.69, 9.17) is 11.5 Å². The van der Waals surface area contributed by atoms with Gasteiger partial charge in [0.05, 0.1) is 12.1 Å². The van der Waals surface area contributed by atoms with Crippen molar-refractivity contribution in [3.63, 3.8) is 0 Å². The second-order valence-corrected chi connectivity index (χ2v) is 7.55. The van der Waals surface area contributed by atoms with E-state index in [2.05, 4.69) is 15.3 Å². The maximum atomic E-state index is 12.6. The van der Waals surface area contributed by atoms with Gasteiger partial charge < -0.3 is 21.6 Å². The fraction of sp³-hybridized carbons (Fsp3) is 0.200. The van der Waals surface area contributed by atoms with Crippen molar-refractivity contribution < 1.29 is 9.59 Å². The Morgan fingerprint density at radius 1 is 1.12 bits per heavy atom. The number of amides is 1. The van der Waals surface area contributed by atoms with E-state index in [-0.39, 0.29) is 11.5 Å². The topological polar surface area (TPSA) is 123 Å². The van der Waals surface area contributed by atoms with Crippen LogP contribution < -0.4 is 16.8 Å². The smallest absolute Gasteiger partial charge is 0.254 e. The lowest BCUT2D eigenvalue weighted by molar-refractivity contribution is -0.117. The van der Waals surface area contributed by atoms with Crippen molar-refractivity contribution in [2.24, 2.45) is 10.7 Å². The summed E-state index contributed by atoms with van der Waals surface area (Å²) in [7, 11) is 0. The largest absolute Gasteiger partial charge is 0.404 e. The van der Waals surface area contributed by atoms with Crippen LogP contribution in [0.5, 0.6) is 0 Å². The third kappa shape index (κ3) is 5.18. The van der Waals surface area contributed by atoms with E-state index in [1.165, 1.54) is 12.4 Å². The number of aliphatic imine (C=N–C) groups is 1. The van der Waals surface area contributed by atoms with Crippen molar-refractivity contribution in [1.29, 1.82) is 0 Å². The maximum Gasteiger partial charge on any atom is 0.254 e. The van der Waals surface area contributed by atoms with Gasteiger partial charge in [-0.3, -0.25) is 9.79 Å². The minimum atomic E-state index is -0.300. The van der Waals surface area contributed by atoms with Crippen molar-refractivity contribution in [3.05, 3.63) is 82.2 Å². The standard InChI is InChI=1S/C25H27N5O2/c1-16-11-22-21(7-9-29-24(22)27)17(2)23(16)15-30-25(32)20(12-26)14-28-13-19-5-3-18(4-6-19)8-10-31/h3-7,9-12,14H,8,13,15,26H2,1-2H3,(H2,27,29)(H,30,32)/b20-12+,28-14?. The van der Waals surface area contributed by atoms with Crippen LogP contribution in [0.15, 0.2) is 59.4 Å². The Balaban J connectivity index is 1.65. The summed E-state index contributed by atoms with van der Waals surface area (Å²) in [6, 6.07) is 11.5. The second kappa shape index (κ2) is 10.3. The van der Waals surface area contributed by atoms with Crippen molar-refractivity contribution in [2.45, 2.75) is 33.4 Å². The van der Waals surface area contributed by atoms with Crippen molar-refractivity contribution in [3.8, 4) is 0 Å². The molecule has 3 rings (SSSR count). The van der Waals surface area contributed by atoms with E-state index in [0.29, 0.717) is 25.3 Å². The Morgan fingerprint density at radius 2 is 1.84 bits per heavy atom. The molecule has 0 atom stereocenters. The molecule has 0 aliphatic rings. The monoisotopic (exact) mass is 429 g/mol. The molecule has 0 spiro atoms. The molecule has 164 valence electrons. The molecule has 7 heteroatoms. The van der Waals surface area contributed by atoms with Crippen LogP contribution in [0.25, 0.3) is 10.8 Å². The second-order valence-electron chi connectivity index (χ2n) is 7.55. The molecule has 0 bridgehead atoms. The number of rotatable bonds is 8. The summed E-state index contributed by atoms with van der Waals surface area (Å²) >= 11 is 0. The molecule has 1 aromatic heterocycles. The molecule has 0 radical (unpaired) electrons. The normalized spacial score (nSPS) is 11.8. The highest BCUT2D eigenvalue weighted by molar-refractivity contribution is 6.12. The van der Waals surface area contributed by atoms with E-state index < -0.39 is 0 Å². The molecule has 0 unspecified atom stereocenters. The highest BCUT2D eigenvalue weighted by Gasteiger charge is 2.12. The average Bonchev–Trinajstić information content (AvgIpc) is 2.78. The molecule has 0 aliphatic carbocycles. The molecule has 1 heterocycles. The van der Waals surface area contributed by atoms with E-state index in [1.54, 1.807) is 6.20 Å². The summed E-state index contributed by atoms with van der Waals surface area (Å²) in [5.41, 5.74) is 17.0. The highest BCUT2D eigenvalue weighted by Crippen LogP contribution is 2.27. The number of carbonyl (C=O) groups is 2. The lowest BCUT2D eigenvalue weighted by Crippen LogP contribution is -2.26. The number of nitrogens with zero attached hydrogens (tertiary/aromatic N) is 2. The molecule has 0 saturated heterocycles. The van der Waals surface area contributed by atoms with Crippen LogP contribution in [0, 0.1) is 13.8 Å². The van der Waals surface area contributed by atoms with Gasteiger partial charge in [-0.1, -0.05) is 24.3 Å². The van der Waals surface area contributed by atoms with Crippen LogP contribution in [0.3, 0.4) is 0 Å². The highest BCUT2D eigenvalue weighted by atomic mass is 16.1. The van der Waals surface area contributed by atoms with Gasteiger partial charge in [0.15, 0.2) is 0 Å². The number of aromatic nitrogens is 1. The summed E-state index contributed by atoms with van der Waals surface area (Å²) in [5.74, 6) is 0.193. The first-order valence-corrected chi connectivity index (χ1v) is 10.3. The fourth-order valence-corrected chi connectivity index (χ4v) is 3.58. The van der Waals surface area contributed by atoms with Gasteiger partial charge in [0.2, 0.25) is 0 Å². The van der Waals surface area contributed by atoms with Crippen LogP contribution in [0.4, 0.5) is 5.82 Å². The molecule has 2 aromatic carbocycles. The molecule has 5 N–H and O–H groups in total. The number of benzene rings is 2. The van der Waals surface area contributed by atoms with Crippen LogP contribution in [-0.2, 0) is 29.1 Å². The molecular formula is C25H27N5O2. The third-order valence-corrected chi connectivity index (χ3v) is 5.43. The minimum absolute atomic E-state index is 0.284. The molecule has 0 fully saturated rings. The Labute approximate surface area is 187 Å². The van der Waals surface area contributed by atoms with Crippen molar-refractivity contribution >= 4 is 35.0 Å². The van der Waals surface area contributed by atoms with Gasteiger partial charge >= 0.3 is 0 Å². The quantitative estimate of drug-likeness (QED) is 0.289. The third-order valence-electron chi connectivity index (χ3n) is 5.43. The van der Waals surface area contributed by atoms with E-state index in [0.717, 1.165) is 44.9 Å². The van der Waals surface area contributed by atoms with Crippen LogP contribution in [-0.4, -0.2) is 23.4 Å². The molecule has 32 heavy (non-hydrogen) atoms. The van der Waals surface area contributed by atoms with Gasteiger partial charge in [-0.2, -0.15) is 0 Å². The summed E-state index contributed by atoms with van der Waals surface area (Å²) < 4.78 is 0. The van der Waals surface area contributed by atoms with Gasteiger partial charge in [-0.05, 0) is 59.2 Å². The van der Waals surface area contributed by atoms with Gasteiger partial charge in [0, 0.05) is 37.0 Å². The molecule has 1 amide bonds. The lowest BCUT2D eigenvalue weighted by atomic mass is 9.96. The van der Waals surface area contributed by atoms with Crippen molar-refractivity contribution in [1.82, 2.24) is 10.3 Å². The van der Waals surface area contributed by atoms with Gasteiger partial charge in [-0.25, -0.2) is 4.98 Å². The lowest BCUT2D eigenvalue weighted by Gasteiger charge is -2.15. The zero-order valence-corrected chi connectivity index (χ0v) is 18.3. The van der Waals surface area contributed by atoms with Gasteiger partial charge in [-0.15, -0.1) is 0 Å². The van der Waals surface area contributed by atoms with Crippen molar-refractivity contribution in [2.75, 3.05) is 5.73 Å². The van der Waals surface area contributed by atoms with E-state index in [1.807, 2.05) is 50.2 Å². The average molecular weight is 430 g/mol. The molecule has 7 nitrogen and oxygen atoms in total. The number of carbonyl (C=O) groups excluding carboxylic acids is 2. The Morgan fingerprint density at radius 3 is 2.53 bits per heavy atom. The number of aldehydes is 1. The van der Waals surface area contributed by atoms with E-state index in [9.17, 15) is 9.59 Å². The zero-order valence-electron chi connectivity index (χ0n) is 18.3. The number of aryl methyl sites for hydroxylation is 2. The van der Waals surface area contributed by atoms with Gasteiger partial charge in [0.1, 0.15) is 12.1 Å². The Kier molecular flexibility index (Phi) is 7.33. The summed E-state index contributed by atoms with van der Waals surface area (Å²) in [6.07, 6.45) is 5.67. The Hall–Kier alpha value is -4.00. The van der Waals surface area contributed by atoms with Crippen LogP contribution >= 0.6 is 0 Å². The van der Waals surface area contributed by atoms with Crippen LogP contribution in [0.2, 0.25) is 0 Å². The molecular weight excluding hydrogens is 402 g/mol. The number of fused-ring (bicyclic) bond motifs is 1. The summed E-state index contributed by atoms with van der Waals surface area (Å²) in [4.78, 5) is 31.7. The fourth-order valence-electron chi connectivity index (χ4n) is 3.58. The van der Waals surface area contributed by atoms with Crippen LogP contribution in [0.1, 0.15) is 27.8 Å². The number of hydrogen-bond donors (Lipinski definition) is 3.